The number of hydrogen-bond donors (Lipinski definition) is 0. The molecule has 0 atom stereocenters. The quantitative estimate of drug-likeness (QED) is 0.342. The average Bonchev–Trinajstić information content (AvgIpc) is 2.69. The molecule has 0 saturated heterocycles. The van der Waals surface area contributed by atoms with Gasteiger partial charge in [0.25, 0.3) is 5.69 Å². The van der Waals surface area contributed by atoms with E-state index in [2.05, 4.69) is 0 Å². The van der Waals surface area contributed by atoms with Crippen LogP contribution in [-0.2, 0) is 6.18 Å². The molecular weight excluding hydrogens is 399 g/mol. The number of non-ortho nitro benzene ring substituents is 1. The second kappa shape index (κ2) is 8.06. The van der Waals surface area contributed by atoms with E-state index in [9.17, 15) is 23.3 Å². The molecule has 156 valence electrons. The number of nitro benzene ring substituents is 1. The number of alkyl halides is 3. The lowest BCUT2D eigenvalue weighted by molar-refractivity contribution is -0.385. The Kier molecular flexibility index (Phi) is 5.69. The van der Waals surface area contributed by atoms with Crippen LogP contribution in [0.4, 0.5) is 18.9 Å². The van der Waals surface area contributed by atoms with Gasteiger partial charge in [0, 0.05) is 17.7 Å². The second-order valence-electron chi connectivity index (χ2n) is 6.71. The summed E-state index contributed by atoms with van der Waals surface area (Å²) in [5.74, 6) is 1.37. The van der Waals surface area contributed by atoms with Gasteiger partial charge >= 0.3 is 6.18 Å². The van der Waals surface area contributed by atoms with Crippen LogP contribution in [0, 0.1) is 24.0 Å². The molecule has 0 N–H and O–H groups in total. The zero-order valence-corrected chi connectivity index (χ0v) is 16.4. The van der Waals surface area contributed by atoms with Crippen LogP contribution in [0.15, 0.2) is 54.6 Å². The Labute approximate surface area is 170 Å². The average molecular weight is 417 g/mol. The normalized spacial score (nSPS) is 11.3. The number of benzene rings is 3. The van der Waals surface area contributed by atoms with Gasteiger partial charge in [0.1, 0.15) is 17.2 Å². The topological polar surface area (TPSA) is 61.6 Å². The van der Waals surface area contributed by atoms with Crippen molar-refractivity contribution >= 4 is 5.69 Å². The van der Waals surface area contributed by atoms with E-state index >= 15 is 0 Å². The number of nitro groups is 1. The second-order valence-corrected chi connectivity index (χ2v) is 6.71. The first-order valence-electron chi connectivity index (χ1n) is 8.89. The van der Waals surface area contributed by atoms with Crippen molar-refractivity contribution in [2.24, 2.45) is 0 Å². The molecule has 0 radical (unpaired) electrons. The van der Waals surface area contributed by atoms with Crippen LogP contribution in [0.5, 0.6) is 17.2 Å². The molecule has 0 fully saturated rings. The third-order valence-corrected chi connectivity index (χ3v) is 4.57. The van der Waals surface area contributed by atoms with Crippen molar-refractivity contribution in [2.45, 2.75) is 20.0 Å². The van der Waals surface area contributed by atoms with Crippen LogP contribution in [-0.4, -0.2) is 12.0 Å². The summed E-state index contributed by atoms with van der Waals surface area (Å²) in [4.78, 5) is 10.5. The van der Waals surface area contributed by atoms with Crippen molar-refractivity contribution in [2.75, 3.05) is 7.11 Å². The Balaban J connectivity index is 1.99. The number of aryl methyl sites for hydroxylation is 2. The largest absolute Gasteiger partial charge is 0.496 e. The predicted octanol–water partition coefficient (Wildman–Crippen LogP) is 6.70. The van der Waals surface area contributed by atoms with E-state index in [0.717, 1.165) is 12.1 Å². The molecule has 5 nitrogen and oxygen atoms in total. The molecule has 0 aromatic heterocycles. The Morgan fingerprint density at radius 3 is 2.03 bits per heavy atom. The SMILES string of the molecule is COc1ccc(Oc2c(C)cc([N+](=O)[O-])cc2C)cc1-c1ccc(C(F)(F)F)cc1. The third-order valence-electron chi connectivity index (χ3n) is 4.57. The van der Waals surface area contributed by atoms with Crippen molar-refractivity contribution in [1.82, 2.24) is 0 Å². The lowest BCUT2D eigenvalue weighted by atomic mass is 10.0. The maximum Gasteiger partial charge on any atom is 0.416 e. The van der Waals surface area contributed by atoms with Gasteiger partial charge in [-0.15, -0.1) is 0 Å². The smallest absolute Gasteiger partial charge is 0.416 e. The molecule has 3 rings (SSSR count). The highest BCUT2D eigenvalue weighted by Gasteiger charge is 2.30. The van der Waals surface area contributed by atoms with Crippen LogP contribution < -0.4 is 9.47 Å². The first-order chi connectivity index (χ1) is 14.1. The van der Waals surface area contributed by atoms with Crippen molar-refractivity contribution in [3.8, 4) is 28.4 Å². The highest BCUT2D eigenvalue weighted by molar-refractivity contribution is 5.72. The third kappa shape index (κ3) is 4.37. The molecule has 0 aliphatic carbocycles. The van der Waals surface area contributed by atoms with Crippen LogP contribution in [0.1, 0.15) is 16.7 Å². The number of halogens is 3. The van der Waals surface area contributed by atoms with E-state index < -0.39 is 16.7 Å². The Bertz CT molecular complexity index is 1070. The number of rotatable bonds is 5. The van der Waals surface area contributed by atoms with Gasteiger partial charge in [-0.2, -0.15) is 13.2 Å². The standard InChI is InChI=1S/C22H18F3NO4/c1-13-10-17(26(27)28)11-14(2)21(13)30-18-8-9-20(29-3)19(12-18)15-4-6-16(7-5-15)22(23,24)25/h4-12H,1-3H3. The fourth-order valence-corrected chi connectivity index (χ4v) is 3.13. The fourth-order valence-electron chi connectivity index (χ4n) is 3.13. The van der Waals surface area contributed by atoms with Gasteiger partial charge in [-0.25, -0.2) is 0 Å². The predicted molar refractivity (Wildman–Crippen MR) is 106 cm³/mol. The van der Waals surface area contributed by atoms with E-state index in [1.807, 2.05) is 0 Å². The van der Waals surface area contributed by atoms with E-state index in [1.165, 1.54) is 31.4 Å². The lowest BCUT2D eigenvalue weighted by Gasteiger charge is -2.15. The van der Waals surface area contributed by atoms with Crippen molar-refractivity contribution in [3.05, 3.63) is 81.4 Å². The van der Waals surface area contributed by atoms with E-state index in [0.29, 0.717) is 39.5 Å². The van der Waals surface area contributed by atoms with Gasteiger partial charge in [-0.1, -0.05) is 12.1 Å². The molecule has 0 heterocycles. The first-order valence-corrected chi connectivity index (χ1v) is 8.89. The highest BCUT2D eigenvalue weighted by Crippen LogP contribution is 2.38. The van der Waals surface area contributed by atoms with Crippen molar-refractivity contribution < 1.29 is 27.6 Å². The molecule has 0 aliphatic heterocycles. The maximum absolute atomic E-state index is 12.8. The summed E-state index contributed by atoms with van der Waals surface area (Å²) in [5.41, 5.74) is 1.50. The zero-order valence-electron chi connectivity index (χ0n) is 16.4. The molecule has 3 aromatic carbocycles. The number of methoxy groups -OCH3 is 1. The van der Waals surface area contributed by atoms with Gasteiger partial charge in [0.2, 0.25) is 0 Å². The van der Waals surface area contributed by atoms with Crippen LogP contribution in [0.3, 0.4) is 0 Å². The maximum atomic E-state index is 12.8. The van der Waals surface area contributed by atoms with Crippen LogP contribution in [0.25, 0.3) is 11.1 Å². The first kappa shape index (κ1) is 21.2. The van der Waals surface area contributed by atoms with Crippen LogP contribution >= 0.6 is 0 Å². The summed E-state index contributed by atoms with van der Waals surface area (Å²) >= 11 is 0. The molecule has 0 bridgehead atoms. The summed E-state index contributed by atoms with van der Waals surface area (Å²) in [7, 11) is 1.47. The monoisotopic (exact) mass is 417 g/mol. The summed E-state index contributed by atoms with van der Waals surface area (Å²) in [6.45, 7) is 3.41. The Morgan fingerprint density at radius 2 is 1.53 bits per heavy atom. The van der Waals surface area contributed by atoms with Crippen molar-refractivity contribution in [3.63, 3.8) is 0 Å². The molecule has 0 unspecified atom stereocenters. The minimum absolute atomic E-state index is 0.0301. The lowest BCUT2D eigenvalue weighted by Crippen LogP contribution is -2.04. The summed E-state index contributed by atoms with van der Waals surface area (Å²) in [5, 5.41) is 11.0. The highest BCUT2D eigenvalue weighted by atomic mass is 19.4. The zero-order chi connectivity index (χ0) is 22.1. The molecule has 0 spiro atoms. The molecule has 3 aromatic rings. The Hall–Kier alpha value is -3.55. The summed E-state index contributed by atoms with van der Waals surface area (Å²) in [6, 6.07) is 12.6. The fraction of sp³-hybridized carbons (Fsp3) is 0.182. The summed E-state index contributed by atoms with van der Waals surface area (Å²) in [6.07, 6.45) is -4.42. The van der Waals surface area contributed by atoms with Gasteiger partial charge in [0.15, 0.2) is 0 Å². The van der Waals surface area contributed by atoms with Gasteiger partial charge in [-0.3, -0.25) is 10.1 Å². The number of nitrogens with zero attached hydrogens (tertiary/aromatic N) is 1. The summed E-state index contributed by atoms with van der Waals surface area (Å²) < 4.78 is 49.8. The van der Waals surface area contributed by atoms with E-state index in [1.54, 1.807) is 32.0 Å². The Morgan fingerprint density at radius 1 is 0.933 bits per heavy atom. The molecule has 30 heavy (non-hydrogen) atoms. The molecule has 0 amide bonds. The van der Waals surface area contributed by atoms with Crippen LogP contribution in [0.2, 0.25) is 0 Å². The minimum atomic E-state index is -4.42. The van der Waals surface area contributed by atoms with Gasteiger partial charge in [0.05, 0.1) is 17.6 Å². The van der Waals surface area contributed by atoms with E-state index in [4.69, 9.17) is 9.47 Å². The molecule has 8 heteroatoms. The van der Waals surface area contributed by atoms with E-state index in [-0.39, 0.29) is 5.69 Å². The number of hydrogen-bond acceptors (Lipinski definition) is 4. The number of ether oxygens (including phenoxy) is 2. The molecular formula is C22H18F3NO4. The minimum Gasteiger partial charge on any atom is -0.496 e. The van der Waals surface area contributed by atoms with Gasteiger partial charge in [-0.05, 0) is 60.9 Å². The van der Waals surface area contributed by atoms with Crippen molar-refractivity contribution in [1.29, 1.82) is 0 Å². The molecule has 0 aliphatic rings. The van der Waals surface area contributed by atoms with Gasteiger partial charge < -0.3 is 9.47 Å². The molecule has 0 saturated carbocycles.